The summed E-state index contributed by atoms with van der Waals surface area (Å²) in [6.07, 6.45) is 0. The topological polar surface area (TPSA) is 55.8 Å². The second kappa shape index (κ2) is 5.91. The molecule has 0 saturated carbocycles. The lowest BCUT2D eigenvalue weighted by molar-refractivity contribution is 0.0697. The number of hydrogen-bond acceptors (Lipinski definition) is 3. The van der Waals surface area contributed by atoms with Crippen molar-refractivity contribution in [1.29, 1.82) is 0 Å². The monoisotopic (exact) mass is 258 g/mol. The summed E-state index contributed by atoms with van der Waals surface area (Å²) >= 11 is 0. The minimum atomic E-state index is -0.957. The fourth-order valence-electron chi connectivity index (χ4n) is 1.60. The van der Waals surface area contributed by atoms with Crippen LogP contribution in [0.5, 0.6) is 17.2 Å². The van der Waals surface area contributed by atoms with E-state index < -0.39 is 5.97 Å². The highest BCUT2D eigenvalue weighted by Gasteiger charge is 2.06. The van der Waals surface area contributed by atoms with E-state index >= 15 is 0 Å². The van der Waals surface area contributed by atoms with E-state index in [4.69, 9.17) is 14.6 Å². The van der Waals surface area contributed by atoms with E-state index in [0.29, 0.717) is 23.9 Å². The average molecular weight is 258 g/mol. The molecule has 0 aromatic heterocycles. The van der Waals surface area contributed by atoms with E-state index in [-0.39, 0.29) is 5.56 Å². The zero-order valence-corrected chi connectivity index (χ0v) is 10.5. The highest BCUT2D eigenvalue weighted by molar-refractivity contribution is 5.87. The zero-order valence-electron chi connectivity index (χ0n) is 10.5. The minimum absolute atomic E-state index is 0.227. The Bertz CT molecular complexity index is 561. The Labute approximate surface area is 111 Å². The fourth-order valence-corrected chi connectivity index (χ4v) is 1.60. The van der Waals surface area contributed by atoms with Crippen LogP contribution in [0.4, 0.5) is 0 Å². The molecule has 0 aliphatic rings. The first kappa shape index (κ1) is 13.0. The van der Waals surface area contributed by atoms with Crippen LogP contribution in [0, 0.1) is 0 Å². The van der Waals surface area contributed by atoms with E-state index in [0.717, 1.165) is 0 Å². The van der Waals surface area contributed by atoms with Crippen molar-refractivity contribution in [3.63, 3.8) is 0 Å². The molecule has 0 radical (unpaired) electrons. The first-order valence-electron chi connectivity index (χ1n) is 5.93. The van der Waals surface area contributed by atoms with Crippen molar-refractivity contribution in [2.75, 3.05) is 6.61 Å². The normalized spacial score (nSPS) is 9.95. The summed E-state index contributed by atoms with van der Waals surface area (Å²) in [7, 11) is 0. The molecule has 0 aliphatic heterocycles. The van der Waals surface area contributed by atoms with Crippen molar-refractivity contribution in [1.82, 2.24) is 0 Å². The fraction of sp³-hybridized carbons (Fsp3) is 0.133. The number of aromatic carboxylic acids is 1. The molecule has 19 heavy (non-hydrogen) atoms. The van der Waals surface area contributed by atoms with Crippen LogP contribution in [-0.2, 0) is 0 Å². The average Bonchev–Trinajstić information content (AvgIpc) is 2.42. The van der Waals surface area contributed by atoms with Gasteiger partial charge in [0.15, 0.2) is 11.5 Å². The molecule has 1 N–H and O–H groups in total. The van der Waals surface area contributed by atoms with Crippen molar-refractivity contribution in [3.8, 4) is 17.2 Å². The predicted octanol–water partition coefficient (Wildman–Crippen LogP) is 3.58. The van der Waals surface area contributed by atoms with Crippen LogP contribution in [-0.4, -0.2) is 17.7 Å². The number of carboxylic acids is 1. The predicted molar refractivity (Wildman–Crippen MR) is 71.1 cm³/mol. The molecule has 0 saturated heterocycles. The molecule has 98 valence electrons. The lowest BCUT2D eigenvalue weighted by atomic mass is 10.2. The number of rotatable bonds is 5. The van der Waals surface area contributed by atoms with Gasteiger partial charge in [-0.15, -0.1) is 0 Å². The molecule has 4 nitrogen and oxygen atoms in total. The lowest BCUT2D eigenvalue weighted by Gasteiger charge is -2.11. The van der Waals surface area contributed by atoms with Gasteiger partial charge in [-0.3, -0.25) is 0 Å². The Morgan fingerprint density at radius 3 is 2.26 bits per heavy atom. The third-order valence-electron chi connectivity index (χ3n) is 2.48. The van der Waals surface area contributed by atoms with Crippen LogP contribution in [0.3, 0.4) is 0 Å². The first-order valence-corrected chi connectivity index (χ1v) is 5.93. The molecule has 0 spiro atoms. The molecule has 0 atom stereocenters. The van der Waals surface area contributed by atoms with Crippen molar-refractivity contribution in [2.45, 2.75) is 6.92 Å². The number of para-hydroxylation sites is 2. The van der Waals surface area contributed by atoms with Gasteiger partial charge in [0.1, 0.15) is 5.75 Å². The van der Waals surface area contributed by atoms with Gasteiger partial charge >= 0.3 is 5.97 Å². The Balaban J connectivity index is 2.19. The van der Waals surface area contributed by atoms with Crippen LogP contribution < -0.4 is 9.47 Å². The highest BCUT2D eigenvalue weighted by Crippen LogP contribution is 2.31. The summed E-state index contributed by atoms with van der Waals surface area (Å²) < 4.78 is 11.1. The smallest absolute Gasteiger partial charge is 0.335 e. The Morgan fingerprint density at radius 2 is 1.68 bits per heavy atom. The van der Waals surface area contributed by atoms with E-state index in [1.165, 1.54) is 12.1 Å². The first-order chi connectivity index (χ1) is 9.20. The highest BCUT2D eigenvalue weighted by atomic mass is 16.5. The number of carbonyl (C=O) groups is 1. The molecule has 0 heterocycles. The lowest BCUT2D eigenvalue weighted by Crippen LogP contribution is -1.96. The van der Waals surface area contributed by atoms with Gasteiger partial charge in [0.05, 0.1) is 12.2 Å². The molecule has 2 rings (SSSR count). The van der Waals surface area contributed by atoms with E-state index in [1.807, 2.05) is 25.1 Å². The maximum absolute atomic E-state index is 10.7. The van der Waals surface area contributed by atoms with Crippen molar-refractivity contribution >= 4 is 5.97 Å². The maximum Gasteiger partial charge on any atom is 0.335 e. The Hall–Kier alpha value is -2.49. The molecule has 0 bridgehead atoms. The molecule has 2 aromatic carbocycles. The molecular formula is C15H14O4. The van der Waals surface area contributed by atoms with E-state index in [9.17, 15) is 4.79 Å². The summed E-state index contributed by atoms with van der Waals surface area (Å²) in [6, 6.07) is 13.6. The van der Waals surface area contributed by atoms with Crippen LogP contribution in [0.2, 0.25) is 0 Å². The Kier molecular flexibility index (Phi) is 4.03. The summed E-state index contributed by atoms with van der Waals surface area (Å²) in [5.74, 6) is 0.873. The number of benzene rings is 2. The van der Waals surface area contributed by atoms with Crippen molar-refractivity contribution < 1.29 is 19.4 Å². The zero-order chi connectivity index (χ0) is 13.7. The summed E-state index contributed by atoms with van der Waals surface area (Å²) in [4.78, 5) is 10.7. The molecular weight excluding hydrogens is 244 g/mol. The van der Waals surface area contributed by atoms with Gasteiger partial charge in [-0.2, -0.15) is 0 Å². The van der Waals surface area contributed by atoms with Gasteiger partial charge in [0.25, 0.3) is 0 Å². The third-order valence-corrected chi connectivity index (χ3v) is 2.48. The molecule has 0 unspecified atom stereocenters. The number of hydrogen-bond donors (Lipinski definition) is 1. The second-order valence-electron chi connectivity index (χ2n) is 3.81. The largest absolute Gasteiger partial charge is 0.490 e. The van der Waals surface area contributed by atoms with Crippen LogP contribution in [0.1, 0.15) is 17.3 Å². The van der Waals surface area contributed by atoms with Gasteiger partial charge < -0.3 is 14.6 Å². The standard InChI is InChI=1S/C15H14O4/c1-2-18-13-5-3-4-6-14(13)19-12-9-7-11(8-10-12)15(16)17/h3-10H,2H2,1H3,(H,16,17). The van der Waals surface area contributed by atoms with Crippen LogP contribution >= 0.6 is 0 Å². The molecule has 2 aromatic rings. The summed E-state index contributed by atoms with van der Waals surface area (Å²) in [5, 5.41) is 8.82. The van der Waals surface area contributed by atoms with E-state index in [1.54, 1.807) is 18.2 Å². The van der Waals surface area contributed by atoms with Gasteiger partial charge in [-0.05, 0) is 43.3 Å². The second-order valence-corrected chi connectivity index (χ2v) is 3.81. The Morgan fingerprint density at radius 1 is 1.05 bits per heavy atom. The number of ether oxygens (including phenoxy) is 2. The molecule has 0 amide bonds. The molecule has 0 fully saturated rings. The maximum atomic E-state index is 10.7. The van der Waals surface area contributed by atoms with Gasteiger partial charge in [-0.1, -0.05) is 12.1 Å². The SMILES string of the molecule is CCOc1ccccc1Oc1ccc(C(=O)O)cc1. The molecule has 4 heteroatoms. The van der Waals surface area contributed by atoms with Crippen LogP contribution in [0.15, 0.2) is 48.5 Å². The quantitative estimate of drug-likeness (QED) is 0.890. The summed E-state index contributed by atoms with van der Waals surface area (Å²) in [6.45, 7) is 2.46. The number of carboxylic acid groups (broad SMARTS) is 1. The van der Waals surface area contributed by atoms with Crippen LogP contribution in [0.25, 0.3) is 0 Å². The van der Waals surface area contributed by atoms with Gasteiger partial charge in [-0.25, -0.2) is 4.79 Å². The summed E-state index contributed by atoms with van der Waals surface area (Å²) in [5.41, 5.74) is 0.227. The van der Waals surface area contributed by atoms with Crippen molar-refractivity contribution in [2.24, 2.45) is 0 Å². The third kappa shape index (κ3) is 3.25. The minimum Gasteiger partial charge on any atom is -0.490 e. The van der Waals surface area contributed by atoms with Gasteiger partial charge in [0, 0.05) is 0 Å². The molecule has 0 aliphatic carbocycles. The van der Waals surface area contributed by atoms with Crippen molar-refractivity contribution in [3.05, 3.63) is 54.1 Å². The van der Waals surface area contributed by atoms with Gasteiger partial charge in [0.2, 0.25) is 0 Å². The van der Waals surface area contributed by atoms with E-state index in [2.05, 4.69) is 0 Å².